The largest absolute Gasteiger partial charge is 0.342 e. The standard InChI is InChI=1S/C19H25N3O/c1-12-5-6-17(13(2)9-12)16-7-8-22(11-16)19(23)10-18-14(3)20-21-15(18)4/h5-6,9,16H,7-8,10-11H2,1-4H3,(H,20,21). The average Bonchev–Trinajstić information content (AvgIpc) is 3.09. The van der Waals surface area contributed by atoms with Gasteiger partial charge in [0.2, 0.25) is 5.91 Å². The summed E-state index contributed by atoms with van der Waals surface area (Å²) >= 11 is 0. The molecule has 1 aromatic carbocycles. The third-order valence-electron chi connectivity index (χ3n) is 5.01. The molecule has 1 atom stereocenters. The first-order valence-electron chi connectivity index (χ1n) is 8.31. The number of H-pyrrole nitrogens is 1. The first-order valence-corrected chi connectivity index (χ1v) is 8.31. The first kappa shape index (κ1) is 15.8. The highest BCUT2D eigenvalue weighted by atomic mass is 16.2. The van der Waals surface area contributed by atoms with Gasteiger partial charge in [-0.05, 0) is 45.2 Å². The van der Waals surface area contributed by atoms with Gasteiger partial charge >= 0.3 is 0 Å². The lowest BCUT2D eigenvalue weighted by Gasteiger charge is -2.18. The molecule has 0 bridgehead atoms. The molecule has 122 valence electrons. The van der Waals surface area contributed by atoms with Crippen molar-refractivity contribution in [2.45, 2.75) is 46.5 Å². The fraction of sp³-hybridized carbons (Fsp3) is 0.474. The summed E-state index contributed by atoms with van der Waals surface area (Å²) in [6, 6.07) is 6.64. The van der Waals surface area contributed by atoms with Crippen molar-refractivity contribution in [3.8, 4) is 0 Å². The van der Waals surface area contributed by atoms with E-state index < -0.39 is 0 Å². The van der Waals surface area contributed by atoms with E-state index in [1.807, 2.05) is 18.7 Å². The van der Waals surface area contributed by atoms with Gasteiger partial charge in [-0.15, -0.1) is 0 Å². The van der Waals surface area contributed by atoms with Gasteiger partial charge in [0.15, 0.2) is 0 Å². The fourth-order valence-electron chi connectivity index (χ4n) is 3.62. The summed E-state index contributed by atoms with van der Waals surface area (Å²) in [5.41, 5.74) is 7.00. The van der Waals surface area contributed by atoms with Crippen LogP contribution in [0.5, 0.6) is 0 Å². The predicted octanol–water partition coefficient (Wildman–Crippen LogP) is 3.20. The molecule has 0 saturated carbocycles. The molecule has 1 aliphatic rings. The van der Waals surface area contributed by atoms with E-state index in [4.69, 9.17) is 0 Å². The van der Waals surface area contributed by atoms with E-state index in [0.29, 0.717) is 12.3 Å². The van der Waals surface area contributed by atoms with E-state index in [2.05, 4.69) is 42.2 Å². The smallest absolute Gasteiger partial charge is 0.227 e. The van der Waals surface area contributed by atoms with Crippen LogP contribution in [0.25, 0.3) is 0 Å². The number of aromatic amines is 1. The number of nitrogens with one attached hydrogen (secondary N) is 1. The highest BCUT2D eigenvalue weighted by Crippen LogP contribution is 2.30. The number of hydrogen-bond donors (Lipinski definition) is 1. The molecule has 0 radical (unpaired) electrons. The van der Waals surface area contributed by atoms with Crippen molar-refractivity contribution in [1.29, 1.82) is 0 Å². The van der Waals surface area contributed by atoms with Gasteiger partial charge in [-0.3, -0.25) is 9.89 Å². The van der Waals surface area contributed by atoms with E-state index in [1.165, 1.54) is 16.7 Å². The van der Waals surface area contributed by atoms with Crippen LogP contribution in [-0.2, 0) is 11.2 Å². The topological polar surface area (TPSA) is 49.0 Å². The molecule has 1 fully saturated rings. The van der Waals surface area contributed by atoms with Gasteiger partial charge < -0.3 is 4.90 Å². The Balaban J connectivity index is 1.68. The third-order valence-corrected chi connectivity index (χ3v) is 5.01. The Morgan fingerprint density at radius 2 is 2.09 bits per heavy atom. The van der Waals surface area contributed by atoms with E-state index in [0.717, 1.165) is 36.5 Å². The number of benzene rings is 1. The number of likely N-dealkylation sites (tertiary alicyclic amines) is 1. The molecule has 2 aromatic rings. The van der Waals surface area contributed by atoms with Crippen LogP contribution in [0.1, 0.15) is 46.0 Å². The monoisotopic (exact) mass is 311 g/mol. The number of aryl methyl sites for hydroxylation is 4. The molecule has 1 unspecified atom stereocenters. The number of rotatable bonds is 3. The van der Waals surface area contributed by atoms with Gasteiger partial charge in [0, 0.05) is 30.3 Å². The zero-order chi connectivity index (χ0) is 16.6. The lowest BCUT2D eigenvalue weighted by atomic mass is 9.93. The highest BCUT2D eigenvalue weighted by molar-refractivity contribution is 5.79. The molecule has 1 aromatic heterocycles. The predicted molar refractivity (Wildman–Crippen MR) is 91.6 cm³/mol. The maximum absolute atomic E-state index is 12.6. The third kappa shape index (κ3) is 3.16. The normalized spacial score (nSPS) is 17.7. The molecule has 1 N–H and O–H groups in total. The molecule has 1 aliphatic heterocycles. The molecular weight excluding hydrogens is 286 g/mol. The van der Waals surface area contributed by atoms with E-state index in [1.54, 1.807) is 0 Å². The van der Waals surface area contributed by atoms with E-state index in [-0.39, 0.29) is 5.91 Å². The maximum Gasteiger partial charge on any atom is 0.227 e. The second kappa shape index (κ2) is 6.19. The van der Waals surface area contributed by atoms with E-state index >= 15 is 0 Å². The summed E-state index contributed by atoms with van der Waals surface area (Å²) in [4.78, 5) is 14.6. The Labute approximate surface area is 137 Å². The van der Waals surface area contributed by atoms with Crippen LogP contribution in [0.4, 0.5) is 0 Å². The Bertz CT molecular complexity index is 713. The number of carbonyl (C=O) groups excluding carboxylic acids is 1. The first-order chi connectivity index (χ1) is 11.0. The molecular formula is C19H25N3O. The van der Waals surface area contributed by atoms with Crippen molar-refractivity contribution < 1.29 is 4.79 Å². The van der Waals surface area contributed by atoms with Gasteiger partial charge in [-0.25, -0.2) is 0 Å². The lowest BCUT2D eigenvalue weighted by Crippen LogP contribution is -2.30. The van der Waals surface area contributed by atoms with Gasteiger partial charge in [0.1, 0.15) is 0 Å². The number of aromatic nitrogens is 2. The van der Waals surface area contributed by atoms with Gasteiger partial charge in [0.05, 0.1) is 12.1 Å². The van der Waals surface area contributed by atoms with Gasteiger partial charge in [0.25, 0.3) is 0 Å². The molecule has 1 saturated heterocycles. The lowest BCUT2D eigenvalue weighted by molar-refractivity contribution is -0.129. The van der Waals surface area contributed by atoms with Crippen LogP contribution >= 0.6 is 0 Å². The number of amides is 1. The molecule has 4 heteroatoms. The van der Waals surface area contributed by atoms with Crippen LogP contribution in [0.15, 0.2) is 18.2 Å². The fourth-order valence-corrected chi connectivity index (χ4v) is 3.62. The molecule has 0 spiro atoms. The van der Waals surface area contributed by atoms with Gasteiger partial charge in [-0.1, -0.05) is 23.8 Å². The molecule has 1 amide bonds. The van der Waals surface area contributed by atoms with Crippen LogP contribution in [-0.4, -0.2) is 34.1 Å². The number of nitrogens with zero attached hydrogens (tertiary/aromatic N) is 2. The zero-order valence-electron chi connectivity index (χ0n) is 14.4. The minimum Gasteiger partial charge on any atom is -0.342 e. The van der Waals surface area contributed by atoms with E-state index in [9.17, 15) is 4.79 Å². The number of carbonyl (C=O) groups is 1. The van der Waals surface area contributed by atoms with Crippen molar-refractivity contribution in [2.75, 3.05) is 13.1 Å². The van der Waals surface area contributed by atoms with Crippen LogP contribution in [0.3, 0.4) is 0 Å². The summed E-state index contributed by atoms with van der Waals surface area (Å²) in [6.07, 6.45) is 1.51. The van der Waals surface area contributed by atoms with Crippen molar-refractivity contribution in [2.24, 2.45) is 0 Å². The summed E-state index contributed by atoms with van der Waals surface area (Å²) in [7, 11) is 0. The summed E-state index contributed by atoms with van der Waals surface area (Å²) in [5.74, 6) is 0.677. The zero-order valence-corrected chi connectivity index (χ0v) is 14.4. The Hall–Kier alpha value is -2.10. The molecule has 3 rings (SSSR count). The van der Waals surface area contributed by atoms with Crippen molar-refractivity contribution in [3.05, 3.63) is 51.8 Å². The minimum absolute atomic E-state index is 0.213. The second-order valence-electron chi connectivity index (χ2n) is 6.77. The molecule has 0 aliphatic carbocycles. The Kier molecular flexibility index (Phi) is 4.24. The van der Waals surface area contributed by atoms with Crippen molar-refractivity contribution >= 4 is 5.91 Å². The highest BCUT2D eigenvalue weighted by Gasteiger charge is 2.28. The van der Waals surface area contributed by atoms with Crippen LogP contribution in [0.2, 0.25) is 0 Å². The van der Waals surface area contributed by atoms with Crippen LogP contribution < -0.4 is 0 Å². The van der Waals surface area contributed by atoms with Crippen molar-refractivity contribution in [3.63, 3.8) is 0 Å². The average molecular weight is 311 g/mol. The Morgan fingerprint density at radius 1 is 1.30 bits per heavy atom. The molecule has 2 heterocycles. The van der Waals surface area contributed by atoms with Crippen LogP contribution in [0, 0.1) is 27.7 Å². The second-order valence-corrected chi connectivity index (χ2v) is 6.77. The molecule has 4 nitrogen and oxygen atoms in total. The SMILES string of the molecule is Cc1ccc(C2CCN(C(=O)Cc3c(C)n[nH]c3C)C2)c(C)c1. The maximum atomic E-state index is 12.6. The number of hydrogen-bond acceptors (Lipinski definition) is 2. The summed E-state index contributed by atoms with van der Waals surface area (Å²) in [5, 5.41) is 7.14. The quantitative estimate of drug-likeness (QED) is 0.946. The minimum atomic E-state index is 0.213. The van der Waals surface area contributed by atoms with Crippen molar-refractivity contribution in [1.82, 2.24) is 15.1 Å². The summed E-state index contributed by atoms with van der Waals surface area (Å²) < 4.78 is 0. The summed E-state index contributed by atoms with van der Waals surface area (Å²) in [6.45, 7) is 9.91. The van der Waals surface area contributed by atoms with Gasteiger partial charge in [-0.2, -0.15) is 5.10 Å². The molecule has 23 heavy (non-hydrogen) atoms. The Morgan fingerprint density at radius 3 is 2.74 bits per heavy atom.